The molecule has 0 radical (unpaired) electrons. The van der Waals surface area contributed by atoms with Gasteiger partial charge >= 0.3 is 5.76 Å². The van der Waals surface area contributed by atoms with Gasteiger partial charge in [0, 0.05) is 24.7 Å². The van der Waals surface area contributed by atoms with Gasteiger partial charge in [-0.25, -0.2) is 21.1 Å². The first-order valence-electron chi connectivity index (χ1n) is 7.98. The smallest absolute Gasteiger partial charge is 0.341 e. The number of rotatable bonds is 6. The number of carbonyl (C=O) groups excluding carboxylic acids is 1. The molecule has 1 heterocycles. The van der Waals surface area contributed by atoms with Gasteiger partial charge in [0.15, 0.2) is 0 Å². The molecule has 7 nitrogen and oxygen atoms in total. The van der Waals surface area contributed by atoms with Crippen LogP contribution in [0.3, 0.4) is 0 Å². The van der Waals surface area contributed by atoms with E-state index in [1.54, 1.807) is 6.92 Å². The van der Waals surface area contributed by atoms with E-state index in [2.05, 4.69) is 5.32 Å². The maximum absolute atomic E-state index is 12.5. The summed E-state index contributed by atoms with van der Waals surface area (Å²) in [5, 5.41) is 2.75. The second-order valence-electron chi connectivity index (χ2n) is 5.88. The molecule has 1 amide bonds. The number of hydrogen-bond acceptors (Lipinski definition) is 5. The van der Waals surface area contributed by atoms with E-state index >= 15 is 0 Å². The van der Waals surface area contributed by atoms with E-state index in [0.717, 1.165) is 12.1 Å². The Kier molecular flexibility index (Phi) is 6.35. The molecule has 146 valence electrons. The van der Waals surface area contributed by atoms with Gasteiger partial charge in [-0.05, 0) is 44.0 Å². The quantitative estimate of drug-likeness (QED) is 0.760. The highest BCUT2D eigenvalue weighted by Gasteiger charge is 2.28. The standard InChI is InChI=1S/C15H20F2N2O5S2/c1-2-25(21,22)19-9-7-12(8-10-19)18-14(20)11-3-5-13(6-4-11)26(23,24)15(16)17/h3-6,12,15H,2,7-10H2,1H3,(H,18,20). The van der Waals surface area contributed by atoms with Crippen LogP contribution in [0.5, 0.6) is 0 Å². The van der Waals surface area contributed by atoms with Crippen molar-refractivity contribution in [2.24, 2.45) is 0 Å². The summed E-state index contributed by atoms with van der Waals surface area (Å²) in [6, 6.07) is 4.05. The number of nitrogens with one attached hydrogen (secondary N) is 1. The molecule has 0 atom stereocenters. The van der Waals surface area contributed by atoms with E-state index < -0.39 is 36.4 Å². The maximum atomic E-state index is 12.5. The maximum Gasteiger partial charge on any atom is 0.341 e. The summed E-state index contributed by atoms with van der Waals surface area (Å²) in [6.45, 7) is 2.19. The van der Waals surface area contributed by atoms with Crippen molar-refractivity contribution in [3.63, 3.8) is 0 Å². The minimum Gasteiger partial charge on any atom is -0.349 e. The van der Waals surface area contributed by atoms with Crippen molar-refractivity contribution in [1.29, 1.82) is 0 Å². The highest BCUT2D eigenvalue weighted by molar-refractivity contribution is 7.91. The SMILES string of the molecule is CCS(=O)(=O)N1CCC(NC(=O)c2ccc(S(=O)(=O)C(F)F)cc2)CC1. The molecule has 1 fully saturated rings. The lowest BCUT2D eigenvalue weighted by atomic mass is 10.1. The molecular weight excluding hydrogens is 390 g/mol. The van der Waals surface area contributed by atoms with Crippen LogP contribution in [-0.4, -0.2) is 57.7 Å². The number of sulfonamides is 1. The molecule has 1 aliphatic heterocycles. The molecule has 2 rings (SSSR count). The molecule has 0 saturated carbocycles. The van der Waals surface area contributed by atoms with Gasteiger partial charge in [-0.15, -0.1) is 0 Å². The van der Waals surface area contributed by atoms with E-state index in [4.69, 9.17) is 0 Å². The van der Waals surface area contributed by atoms with Crippen molar-refractivity contribution in [3.8, 4) is 0 Å². The van der Waals surface area contributed by atoms with E-state index in [1.165, 1.54) is 16.4 Å². The average Bonchev–Trinajstić information content (AvgIpc) is 2.62. The first kappa shape index (κ1) is 20.7. The van der Waals surface area contributed by atoms with Gasteiger partial charge in [-0.1, -0.05) is 0 Å². The monoisotopic (exact) mass is 410 g/mol. The summed E-state index contributed by atoms with van der Waals surface area (Å²) < 4.78 is 72.7. The fourth-order valence-corrected chi connectivity index (χ4v) is 4.48. The third kappa shape index (κ3) is 4.57. The van der Waals surface area contributed by atoms with Crippen LogP contribution in [0, 0.1) is 0 Å². The van der Waals surface area contributed by atoms with Gasteiger partial charge in [0.2, 0.25) is 19.9 Å². The number of carbonyl (C=O) groups is 1. The van der Waals surface area contributed by atoms with Crippen molar-refractivity contribution in [2.75, 3.05) is 18.8 Å². The van der Waals surface area contributed by atoms with Crippen LogP contribution >= 0.6 is 0 Å². The zero-order valence-corrected chi connectivity index (χ0v) is 15.7. The van der Waals surface area contributed by atoms with Gasteiger partial charge in [-0.3, -0.25) is 4.79 Å². The predicted molar refractivity (Wildman–Crippen MR) is 91.2 cm³/mol. The molecular formula is C15H20F2N2O5S2. The van der Waals surface area contributed by atoms with Crippen LogP contribution in [0.25, 0.3) is 0 Å². The zero-order valence-electron chi connectivity index (χ0n) is 14.1. The molecule has 1 aromatic carbocycles. The number of sulfone groups is 1. The number of halogens is 2. The zero-order chi connectivity index (χ0) is 19.5. The Morgan fingerprint density at radius 2 is 1.69 bits per heavy atom. The van der Waals surface area contributed by atoms with Crippen LogP contribution in [0.15, 0.2) is 29.2 Å². The Labute approximate surface area is 151 Å². The molecule has 1 N–H and O–H groups in total. The van der Waals surface area contributed by atoms with E-state index in [-0.39, 0.29) is 17.4 Å². The molecule has 11 heteroatoms. The molecule has 0 bridgehead atoms. The summed E-state index contributed by atoms with van der Waals surface area (Å²) >= 11 is 0. The van der Waals surface area contributed by atoms with Crippen LogP contribution in [0.1, 0.15) is 30.1 Å². The normalized spacial score (nSPS) is 17.4. The van der Waals surface area contributed by atoms with Crippen molar-refractivity contribution in [3.05, 3.63) is 29.8 Å². The fourth-order valence-electron chi connectivity index (χ4n) is 2.63. The first-order valence-corrected chi connectivity index (χ1v) is 11.1. The van der Waals surface area contributed by atoms with Gasteiger partial charge in [-0.2, -0.15) is 8.78 Å². The number of hydrogen-bond donors (Lipinski definition) is 1. The van der Waals surface area contributed by atoms with Gasteiger partial charge in [0.25, 0.3) is 5.91 Å². The highest BCUT2D eigenvalue weighted by Crippen LogP contribution is 2.19. The molecule has 1 aromatic rings. The second-order valence-corrected chi connectivity index (χ2v) is 10.1. The Bertz CT molecular complexity index is 847. The molecule has 1 aliphatic rings. The van der Waals surface area contributed by atoms with Crippen molar-refractivity contribution in [1.82, 2.24) is 9.62 Å². The lowest BCUT2D eigenvalue weighted by molar-refractivity contribution is 0.0923. The highest BCUT2D eigenvalue weighted by atomic mass is 32.2. The third-order valence-electron chi connectivity index (χ3n) is 4.23. The van der Waals surface area contributed by atoms with Crippen molar-refractivity contribution >= 4 is 25.8 Å². The van der Waals surface area contributed by atoms with E-state index in [1.807, 2.05) is 0 Å². The van der Waals surface area contributed by atoms with Crippen LogP contribution < -0.4 is 5.32 Å². The molecule has 26 heavy (non-hydrogen) atoms. The first-order chi connectivity index (χ1) is 12.1. The van der Waals surface area contributed by atoms with Crippen LogP contribution in [-0.2, 0) is 19.9 Å². The van der Waals surface area contributed by atoms with Gasteiger partial charge < -0.3 is 5.32 Å². The minimum atomic E-state index is -4.70. The Morgan fingerprint density at radius 1 is 1.15 bits per heavy atom. The third-order valence-corrected chi connectivity index (χ3v) is 7.51. The largest absolute Gasteiger partial charge is 0.349 e. The van der Waals surface area contributed by atoms with E-state index in [9.17, 15) is 30.4 Å². The summed E-state index contributed by atoms with van der Waals surface area (Å²) in [4.78, 5) is 11.6. The van der Waals surface area contributed by atoms with Gasteiger partial charge in [0.05, 0.1) is 10.6 Å². The number of amides is 1. The van der Waals surface area contributed by atoms with Gasteiger partial charge in [0.1, 0.15) is 0 Å². The Morgan fingerprint density at radius 3 is 2.15 bits per heavy atom. The second kappa shape index (κ2) is 7.97. The number of nitrogens with zero attached hydrogens (tertiary/aromatic N) is 1. The van der Waals surface area contributed by atoms with E-state index in [0.29, 0.717) is 25.9 Å². The molecule has 0 spiro atoms. The Balaban J connectivity index is 1.97. The lowest BCUT2D eigenvalue weighted by Gasteiger charge is -2.31. The van der Waals surface area contributed by atoms with Crippen LogP contribution in [0.2, 0.25) is 0 Å². The van der Waals surface area contributed by atoms with Crippen LogP contribution in [0.4, 0.5) is 8.78 Å². The average molecular weight is 410 g/mol. The molecule has 1 saturated heterocycles. The molecule has 0 aliphatic carbocycles. The number of piperidine rings is 1. The predicted octanol–water partition coefficient (Wildman–Crippen LogP) is 1.23. The summed E-state index contributed by atoms with van der Waals surface area (Å²) in [5.74, 6) is -3.97. The van der Waals surface area contributed by atoms with Crippen molar-refractivity contribution in [2.45, 2.75) is 36.5 Å². The fraction of sp³-hybridized carbons (Fsp3) is 0.533. The number of benzene rings is 1. The number of alkyl halides is 2. The summed E-state index contributed by atoms with van der Waals surface area (Å²) in [7, 11) is -7.95. The molecule has 0 aromatic heterocycles. The minimum absolute atomic E-state index is 0.0257. The Hall–Kier alpha value is -1.59. The van der Waals surface area contributed by atoms with Crippen molar-refractivity contribution < 1.29 is 30.4 Å². The molecule has 0 unspecified atom stereocenters. The topological polar surface area (TPSA) is 101 Å². The lowest BCUT2D eigenvalue weighted by Crippen LogP contribution is -2.46. The summed E-state index contributed by atoms with van der Waals surface area (Å²) in [5.41, 5.74) is 0.141. The summed E-state index contributed by atoms with van der Waals surface area (Å²) in [6.07, 6.45) is 0.922.